The van der Waals surface area contributed by atoms with E-state index in [0.29, 0.717) is 36.4 Å². The summed E-state index contributed by atoms with van der Waals surface area (Å²) in [5.74, 6) is -2.63. The van der Waals surface area contributed by atoms with Gasteiger partial charge in [-0.25, -0.2) is 13.1 Å². The number of fused-ring (bicyclic) bond motifs is 3. The molecule has 3 aliphatic rings. The van der Waals surface area contributed by atoms with E-state index < -0.39 is 82.4 Å². The molecular weight excluding hydrogens is 793 g/mol. The van der Waals surface area contributed by atoms with Gasteiger partial charge in [-0.1, -0.05) is 32.6 Å². The minimum absolute atomic E-state index is 0.0202. The van der Waals surface area contributed by atoms with Crippen LogP contribution in [0.5, 0.6) is 5.75 Å². The van der Waals surface area contributed by atoms with Gasteiger partial charge in [0.15, 0.2) is 0 Å². The molecule has 0 unspecified atom stereocenters. The first-order valence-electron chi connectivity index (χ1n) is 21.3. The molecule has 3 heterocycles. The monoisotopic (exact) mass is 860 g/mol. The molecule has 336 valence electrons. The zero-order valence-electron chi connectivity index (χ0n) is 37.0. The number of rotatable bonds is 14. The van der Waals surface area contributed by atoms with E-state index in [-0.39, 0.29) is 42.3 Å². The van der Waals surface area contributed by atoms with Crippen LogP contribution in [0, 0.1) is 20.8 Å². The Morgan fingerprint density at radius 2 is 1.65 bits per heavy atom. The number of likely N-dealkylation sites (tertiary alicyclic amines) is 1. The third-order valence-electron chi connectivity index (χ3n) is 11.2. The standard InChI is InChI=1S/C42H68N8O9S/c1-10-11-12-13-14-20-50-24-28-21-32(50)39(55)48-30(37(53)45-23-33(51)47-31(38(54)46-28)22-34(52)58-41(5,6)7)16-15-19-44-40(43)49-60(56,57)36-26(3)25(2)35-29(27(36)4)17-18-42(8,9)59-35/h28,30-32H,10-24H2,1-9H3,(H,45,53)(H,46,54)(H,47,51)(H,48,55)(H3,43,44,49)/t28-,30-,31-,32-/m0/s1. The lowest BCUT2D eigenvalue weighted by Gasteiger charge is -2.35. The second-order valence-corrected chi connectivity index (χ2v) is 19.6. The van der Waals surface area contributed by atoms with Crippen molar-refractivity contribution in [1.82, 2.24) is 30.9 Å². The fourth-order valence-electron chi connectivity index (χ4n) is 8.05. The van der Waals surface area contributed by atoms with Crippen LogP contribution in [-0.2, 0) is 45.2 Å². The molecule has 2 fully saturated rings. The van der Waals surface area contributed by atoms with E-state index >= 15 is 0 Å². The first kappa shape index (κ1) is 48.2. The van der Waals surface area contributed by atoms with Gasteiger partial charge in [0.1, 0.15) is 29.0 Å². The molecule has 0 aliphatic carbocycles. The van der Waals surface area contributed by atoms with Crippen molar-refractivity contribution in [2.45, 2.75) is 173 Å². The zero-order chi connectivity index (χ0) is 44.6. The van der Waals surface area contributed by atoms with Gasteiger partial charge < -0.3 is 36.5 Å². The molecule has 0 spiro atoms. The average Bonchev–Trinajstić information content (AvgIpc) is 3.54. The number of nitrogens with zero attached hydrogens (tertiary/aromatic N) is 2. The number of aliphatic imine (C=N–C) groups is 1. The van der Waals surface area contributed by atoms with Crippen molar-refractivity contribution in [2.75, 3.05) is 26.2 Å². The molecule has 0 aromatic heterocycles. The van der Waals surface area contributed by atoms with Crippen LogP contribution in [0.15, 0.2) is 9.89 Å². The van der Waals surface area contributed by atoms with Gasteiger partial charge in [0.2, 0.25) is 29.6 Å². The predicted octanol–water partition coefficient (Wildman–Crippen LogP) is 2.45. The topological polar surface area (TPSA) is 240 Å². The molecule has 1 aromatic rings. The van der Waals surface area contributed by atoms with Crippen molar-refractivity contribution in [3.8, 4) is 5.75 Å². The van der Waals surface area contributed by atoms with E-state index in [1.54, 1.807) is 34.6 Å². The van der Waals surface area contributed by atoms with Gasteiger partial charge in [0, 0.05) is 19.1 Å². The quantitative estimate of drug-likeness (QED) is 0.0688. The van der Waals surface area contributed by atoms with Gasteiger partial charge in [0.25, 0.3) is 10.0 Å². The van der Waals surface area contributed by atoms with E-state index in [1.165, 1.54) is 0 Å². The number of carbonyl (C=O) groups is 5. The summed E-state index contributed by atoms with van der Waals surface area (Å²) in [6.45, 7) is 17.0. The second kappa shape index (κ2) is 20.4. The van der Waals surface area contributed by atoms with E-state index in [9.17, 15) is 32.4 Å². The summed E-state index contributed by atoms with van der Waals surface area (Å²) >= 11 is 0. The first-order chi connectivity index (χ1) is 28.0. The Balaban J connectivity index is 1.49. The number of nitrogens with two attached hydrogens (primary N) is 1. The average molecular weight is 861 g/mol. The number of guanidine groups is 1. The number of carbonyl (C=O) groups excluding carboxylic acids is 5. The molecule has 0 saturated carbocycles. The lowest BCUT2D eigenvalue weighted by atomic mass is 9.88. The Kier molecular flexibility index (Phi) is 16.4. The summed E-state index contributed by atoms with van der Waals surface area (Å²) in [7, 11) is -4.13. The number of sulfonamides is 1. The lowest BCUT2D eigenvalue weighted by Crippen LogP contribution is -2.55. The molecule has 1 aromatic carbocycles. The van der Waals surface area contributed by atoms with Crippen LogP contribution >= 0.6 is 0 Å². The van der Waals surface area contributed by atoms with Crippen LogP contribution in [0.25, 0.3) is 0 Å². The highest BCUT2D eigenvalue weighted by atomic mass is 32.2. The van der Waals surface area contributed by atoms with Gasteiger partial charge in [-0.15, -0.1) is 0 Å². The van der Waals surface area contributed by atoms with E-state index in [2.05, 4.69) is 37.9 Å². The largest absolute Gasteiger partial charge is 0.487 e. The Morgan fingerprint density at radius 1 is 0.950 bits per heavy atom. The van der Waals surface area contributed by atoms with Gasteiger partial charge in [-0.2, -0.15) is 0 Å². The number of benzene rings is 1. The smallest absolute Gasteiger partial charge is 0.308 e. The van der Waals surface area contributed by atoms with Crippen molar-refractivity contribution >= 4 is 45.6 Å². The molecule has 2 saturated heterocycles. The molecule has 2 bridgehead atoms. The van der Waals surface area contributed by atoms with Crippen molar-refractivity contribution < 1.29 is 41.9 Å². The Morgan fingerprint density at radius 3 is 2.33 bits per heavy atom. The second-order valence-electron chi connectivity index (χ2n) is 17.9. The first-order valence-corrected chi connectivity index (χ1v) is 22.8. The molecule has 3 aliphatic heterocycles. The highest BCUT2D eigenvalue weighted by Gasteiger charge is 2.40. The van der Waals surface area contributed by atoms with Crippen LogP contribution in [0.3, 0.4) is 0 Å². The van der Waals surface area contributed by atoms with Crippen molar-refractivity contribution in [3.63, 3.8) is 0 Å². The van der Waals surface area contributed by atoms with Crippen LogP contribution in [0.4, 0.5) is 0 Å². The van der Waals surface area contributed by atoms with E-state index in [0.717, 1.165) is 49.7 Å². The lowest BCUT2D eigenvalue weighted by molar-refractivity contribution is -0.156. The Hall–Kier alpha value is -4.45. The fraction of sp³-hybridized carbons (Fsp3) is 0.714. The predicted molar refractivity (Wildman–Crippen MR) is 228 cm³/mol. The van der Waals surface area contributed by atoms with Crippen LogP contribution in [0.2, 0.25) is 0 Å². The van der Waals surface area contributed by atoms with Crippen LogP contribution in [-0.4, -0.2) is 110 Å². The number of ether oxygens (including phenoxy) is 2. The molecule has 4 amide bonds. The number of unbranched alkanes of at least 4 members (excludes halogenated alkanes) is 4. The maximum absolute atomic E-state index is 13.9. The summed E-state index contributed by atoms with van der Waals surface area (Å²) < 4.78 is 41.5. The minimum Gasteiger partial charge on any atom is -0.487 e. The summed E-state index contributed by atoms with van der Waals surface area (Å²) in [6, 6.07) is -3.46. The number of hydrogen-bond acceptors (Lipinski definition) is 11. The van der Waals surface area contributed by atoms with Crippen molar-refractivity contribution in [1.29, 1.82) is 0 Å². The number of hydrogen-bond donors (Lipinski definition) is 6. The SMILES string of the molecule is CCCCCCCN1C[C@@H]2C[C@H]1C(=O)N[C@@H](CCCN=C(N)NS(=O)(=O)c1c(C)c(C)c3c(c1C)CCC(C)(C)O3)C(=O)NCC(=O)N[C@@H](CC(=O)OC(C)(C)C)C(=O)N2. The van der Waals surface area contributed by atoms with Crippen LogP contribution in [0.1, 0.15) is 128 Å². The van der Waals surface area contributed by atoms with E-state index in [4.69, 9.17) is 15.2 Å². The molecular formula is C42H68N8O9S. The van der Waals surface area contributed by atoms with Gasteiger partial charge in [-0.3, -0.25) is 33.9 Å². The number of nitrogens with one attached hydrogen (secondary N) is 5. The molecule has 7 N–H and O–H groups in total. The Labute approximate surface area is 355 Å². The normalized spacial score (nSPS) is 23.0. The highest BCUT2D eigenvalue weighted by Crippen LogP contribution is 2.42. The van der Waals surface area contributed by atoms with Crippen LogP contribution < -0.4 is 36.5 Å². The minimum atomic E-state index is -4.13. The maximum atomic E-state index is 13.9. The number of amides is 4. The summed E-state index contributed by atoms with van der Waals surface area (Å²) in [5, 5.41) is 10.9. The summed E-state index contributed by atoms with van der Waals surface area (Å²) in [4.78, 5) is 73.2. The molecule has 0 radical (unpaired) electrons. The third-order valence-corrected chi connectivity index (χ3v) is 12.8. The molecule has 17 nitrogen and oxygen atoms in total. The molecule has 18 heteroatoms. The summed E-state index contributed by atoms with van der Waals surface area (Å²) in [6.07, 6.45) is 6.61. The van der Waals surface area contributed by atoms with Crippen molar-refractivity contribution in [2.24, 2.45) is 10.7 Å². The number of esters is 1. The summed E-state index contributed by atoms with van der Waals surface area (Å²) in [5.41, 5.74) is 7.68. The molecule has 4 atom stereocenters. The molecule has 60 heavy (non-hydrogen) atoms. The van der Waals surface area contributed by atoms with E-state index in [1.807, 2.05) is 25.7 Å². The third kappa shape index (κ3) is 13.3. The van der Waals surface area contributed by atoms with Gasteiger partial charge in [0.05, 0.1) is 23.9 Å². The van der Waals surface area contributed by atoms with Gasteiger partial charge in [-0.05, 0) is 123 Å². The fourth-order valence-corrected chi connectivity index (χ4v) is 9.57. The van der Waals surface area contributed by atoms with Gasteiger partial charge >= 0.3 is 5.97 Å². The maximum Gasteiger partial charge on any atom is 0.308 e. The highest BCUT2D eigenvalue weighted by molar-refractivity contribution is 7.90. The van der Waals surface area contributed by atoms with Crippen molar-refractivity contribution in [3.05, 3.63) is 22.3 Å². The Bertz CT molecular complexity index is 1910. The zero-order valence-corrected chi connectivity index (χ0v) is 37.8. The molecule has 4 rings (SSSR count).